The third kappa shape index (κ3) is 2.82. The lowest BCUT2D eigenvalue weighted by Gasteiger charge is -2.09. The summed E-state index contributed by atoms with van der Waals surface area (Å²) in [5.41, 5.74) is -0.297. The normalized spacial score (nSPS) is 10.7. The number of carbonyl (C=O) groups is 1. The molecular weight excluding hydrogens is 280 g/mol. The van der Waals surface area contributed by atoms with Crippen LogP contribution in [0, 0.1) is 0 Å². The summed E-state index contributed by atoms with van der Waals surface area (Å²) in [5, 5.41) is 15.4. The van der Waals surface area contributed by atoms with E-state index in [1.54, 1.807) is 0 Å². The Morgan fingerprint density at radius 1 is 1.42 bits per heavy atom. The molecule has 0 spiro atoms. The molecule has 0 unspecified atom stereocenters. The van der Waals surface area contributed by atoms with E-state index in [2.05, 4.69) is 10.4 Å². The quantitative estimate of drug-likeness (QED) is 0.853. The number of amides is 1. The van der Waals surface area contributed by atoms with E-state index in [0.29, 0.717) is 0 Å². The summed E-state index contributed by atoms with van der Waals surface area (Å²) in [7, 11) is 0. The summed E-state index contributed by atoms with van der Waals surface area (Å²) >= 11 is 5.71. The van der Waals surface area contributed by atoms with Gasteiger partial charge in [-0.25, -0.2) is 0 Å². The van der Waals surface area contributed by atoms with Crippen LogP contribution in [0.1, 0.15) is 17.0 Å². The van der Waals surface area contributed by atoms with Crippen LogP contribution in [0.3, 0.4) is 0 Å². The molecule has 8 heteroatoms. The number of halogens is 3. The van der Waals surface area contributed by atoms with Crippen molar-refractivity contribution < 1.29 is 18.7 Å². The van der Waals surface area contributed by atoms with Crippen LogP contribution < -0.4 is 5.32 Å². The number of hydrogen-bond donors (Lipinski definition) is 2. The maximum Gasteiger partial charge on any atom is 0.333 e. The zero-order valence-corrected chi connectivity index (χ0v) is 10.1. The Labute approximate surface area is 111 Å². The molecule has 1 aromatic heterocycles. The van der Waals surface area contributed by atoms with E-state index in [-0.39, 0.29) is 26.8 Å². The van der Waals surface area contributed by atoms with Crippen molar-refractivity contribution in [2.45, 2.75) is 6.55 Å². The number of hydrogen-bond acceptors (Lipinski definition) is 3. The number of carbonyl (C=O) groups excluding carboxylic acids is 1. The van der Waals surface area contributed by atoms with Gasteiger partial charge in [0.2, 0.25) is 0 Å². The molecule has 5 nitrogen and oxygen atoms in total. The van der Waals surface area contributed by atoms with Gasteiger partial charge in [-0.2, -0.15) is 18.6 Å². The largest absolute Gasteiger partial charge is 0.506 e. The molecule has 100 valence electrons. The van der Waals surface area contributed by atoms with Crippen molar-refractivity contribution in [2.24, 2.45) is 0 Å². The Bertz CT molecular complexity index is 616. The topological polar surface area (TPSA) is 67.2 Å². The molecule has 1 aromatic carbocycles. The lowest BCUT2D eigenvalue weighted by Crippen LogP contribution is -2.18. The molecule has 1 heterocycles. The summed E-state index contributed by atoms with van der Waals surface area (Å²) < 4.78 is 25.4. The maximum atomic E-state index is 12.6. The maximum absolute atomic E-state index is 12.6. The van der Waals surface area contributed by atoms with E-state index in [9.17, 15) is 18.7 Å². The molecule has 0 aliphatic heterocycles. The van der Waals surface area contributed by atoms with Crippen LogP contribution in [-0.4, -0.2) is 20.8 Å². The smallest absolute Gasteiger partial charge is 0.333 e. The molecule has 2 aromatic rings. The van der Waals surface area contributed by atoms with Crippen molar-refractivity contribution in [1.29, 1.82) is 0 Å². The van der Waals surface area contributed by atoms with Crippen molar-refractivity contribution in [1.82, 2.24) is 9.78 Å². The zero-order chi connectivity index (χ0) is 14.0. The molecule has 0 saturated carbocycles. The highest BCUT2D eigenvalue weighted by atomic mass is 35.5. The SMILES string of the molecule is O=C(Nc1cc(Cl)ccc1O)c1ccnn1C(F)F. The second kappa shape index (κ2) is 5.23. The van der Waals surface area contributed by atoms with Gasteiger partial charge < -0.3 is 10.4 Å². The summed E-state index contributed by atoms with van der Waals surface area (Å²) in [5.74, 6) is -1.05. The average molecular weight is 288 g/mol. The highest BCUT2D eigenvalue weighted by molar-refractivity contribution is 6.31. The van der Waals surface area contributed by atoms with Gasteiger partial charge in [-0.1, -0.05) is 11.6 Å². The lowest BCUT2D eigenvalue weighted by molar-refractivity contribution is 0.0520. The number of nitrogens with zero attached hydrogens (tertiary/aromatic N) is 2. The Kier molecular flexibility index (Phi) is 3.66. The molecule has 0 aliphatic carbocycles. The van der Waals surface area contributed by atoms with Crippen molar-refractivity contribution in [3.8, 4) is 5.75 Å². The molecule has 0 aliphatic rings. The van der Waals surface area contributed by atoms with Gasteiger partial charge in [-0.15, -0.1) is 0 Å². The molecule has 2 N–H and O–H groups in total. The minimum absolute atomic E-state index is 0.0273. The highest BCUT2D eigenvalue weighted by Gasteiger charge is 2.18. The predicted octanol–water partition coefficient (Wildman–Crippen LogP) is 2.89. The fourth-order valence-corrected chi connectivity index (χ4v) is 1.62. The van der Waals surface area contributed by atoms with E-state index in [4.69, 9.17) is 11.6 Å². The van der Waals surface area contributed by atoms with Crippen LogP contribution in [0.25, 0.3) is 0 Å². The molecular formula is C11H8ClF2N3O2. The number of nitrogens with one attached hydrogen (secondary N) is 1. The zero-order valence-electron chi connectivity index (χ0n) is 9.35. The number of phenols is 1. The van der Waals surface area contributed by atoms with Crippen LogP contribution in [0.15, 0.2) is 30.5 Å². The number of benzene rings is 1. The van der Waals surface area contributed by atoms with Crippen LogP contribution in [0.2, 0.25) is 5.02 Å². The summed E-state index contributed by atoms with van der Waals surface area (Å²) in [6, 6.07) is 5.15. The first-order chi connectivity index (χ1) is 8.99. The lowest BCUT2D eigenvalue weighted by atomic mass is 10.3. The van der Waals surface area contributed by atoms with Gasteiger partial charge in [0.1, 0.15) is 11.4 Å². The molecule has 0 atom stereocenters. The fraction of sp³-hybridized carbons (Fsp3) is 0.0909. The molecule has 19 heavy (non-hydrogen) atoms. The summed E-state index contributed by atoms with van der Waals surface area (Å²) in [6.45, 7) is -2.93. The highest BCUT2D eigenvalue weighted by Crippen LogP contribution is 2.27. The van der Waals surface area contributed by atoms with Crippen LogP contribution in [-0.2, 0) is 0 Å². The van der Waals surface area contributed by atoms with Crippen LogP contribution >= 0.6 is 11.6 Å². The second-order valence-electron chi connectivity index (χ2n) is 3.55. The van der Waals surface area contributed by atoms with E-state index < -0.39 is 12.5 Å². The number of aromatic hydroxyl groups is 1. The number of phenolic OH excluding ortho intramolecular Hbond substituents is 1. The van der Waals surface area contributed by atoms with Gasteiger partial charge >= 0.3 is 6.55 Å². The van der Waals surface area contributed by atoms with E-state index in [0.717, 1.165) is 12.3 Å². The molecule has 0 saturated heterocycles. The summed E-state index contributed by atoms with van der Waals surface area (Å²) in [6.07, 6.45) is 1.08. The minimum atomic E-state index is -2.93. The van der Waals surface area contributed by atoms with Crippen molar-refractivity contribution >= 4 is 23.2 Å². The summed E-state index contributed by atoms with van der Waals surface area (Å²) in [4.78, 5) is 11.8. The van der Waals surface area contributed by atoms with Gasteiger partial charge in [0.05, 0.1) is 5.69 Å². The van der Waals surface area contributed by atoms with Gasteiger partial charge in [-0.3, -0.25) is 4.79 Å². The van der Waals surface area contributed by atoms with E-state index >= 15 is 0 Å². The Morgan fingerprint density at radius 2 is 2.16 bits per heavy atom. The molecule has 0 bridgehead atoms. The first-order valence-corrected chi connectivity index (χ1v) is 5.48. The van der Waals surface area contributed by atoms with Gasteiger partial charge in [0, 0.05) is 11.2 Å². The van der Waals surface area contributed by atoms with Crippen molar-refractivity contribution in [3.05, 3.63) is 41.2 Å². The number of anilines is 1. The number of rotatable bonds is 3. The molecule has 1 amide bonds. The monoisotopic (exact) mass is 287 g/mol. The first kappa shape index (κ1) is 13.3. The standard InChI is InChI=1S/C11H8ClF2N3O2/c12-6-1-2-9(18)7(5-6)16-10(19)8-3-4-15-17(8)11(13)14/h1-5,11,18H,(H,16,19). The Balaban J connectivity index is 2.26. The fourth-order valence-electron chi connectivity index (χ4n) is 1.44. The van der Waals surface area contributed by atoms with Gasteiger partial charge in [0.15, 0.2) is 0 Å². The van der Waals surface area contributed by atoms with Gasteiger partial charge in [0.25, 0.3) is 5.91 Å². The number of alkyl halides is 2. The van der Waals surface area contributed by atoms with Gasteiger partial charge in [-0.05, 0) is 24.3 Å². The Morgan fingerprint density at radius 3 is 2.84 bits per heavy atom. The third-order valence-corrected chi connectivity index (χ3v) is 2.53. The second-order valence-corrected chi connectivity index (χ2v) is 3.99. The van der Waals surface area contributed by atoms with E-state index in [1.165, 1.54) is 18.2 Å². The first-order valence-electron chi connectivity index (χ1n) is 5.10. The number of aromatic nitrogens is 2. The van der Waals surface area contributed by atoms with Crippen LogP contribution in [0.4, 0.5) is 14.5 Å². The molecule has 2 rings (SSSR count). The average Bonchev–Trinajstić information content (AvgIpc) is 2.83. The van der Waals surface area contributed by atoms with E-state index in [1.807, 2.05) is 0 Å². The van der Waals surface area contributed by atoms with Crippen molar-refractivity contribution in [2.75, 3.05) is 5.32 Å². The molecule has 0 radical (unpaired) electrons. The molecule has 0 fully saturated rings. The minimum Gasteiger partial charge on any atom is -0.506 e. The predicted molar refractivity (Wildman–Crippen MR) is 64.6 cm³/mol. The Hall–Kier alpha value is -2.15. The third-order valence-electron chi connectivity index (χ3n) is 2.29. The van der Waals surface area contributed by atoms with Crippen LogP contribution in [0.5, 0.6) is 5.75 Å². The van der Waals surface area contributed by atoms with Crippen molar-refractivity contribution in [3.63, 3.8) is 0 Å².